The molecule has 0 aliphatic heterocycles. The highest BCUT2D eigenvalue weighted by Crippen LogP contribution is 2.30. The summed E-state index contributed by atoms with van der Waals surface area (Å²) in [6.45, 7) is 0. The number of rotatable bonds is 3. The molecule has 0 heterocycles. The second kappa shape index (κ2) is 5.05. The minimum atomic E-state index is -0.311. The smallest absolute Gasteiger partial charge is 0.146 e. The van der Waals surface area contributed by atoms with E-state index in [1.807, 2.05) is 0 Å². The zero-order valence-electron chi connectivity index (χ0n) is 9.74. The molecule has 0 spiro atoms. The number of ether oxygens (including phenoxy) is 1. The lowest BCUT2D eigenvalue weighted by Gasteiger charge is -2.18. The maximum Gasteiger partial charge on any atom is 0.146 e. The van der Waals surface area contributed by atoms with Gasteiger partial charge in [0, 0.05) is 12.1 Å². The molecule has 90 valence electrons. The third kappa shape index (κ3) is 2.50. The van der Waals surface area contributed by atoms with Gasteiger partial charge < -0.3 is 10.1 Å². The number of hydrogen-bond acceptors (Lipinski definition) is 3. The van der Waals surface area contributed by atoms with Crippen molar-refractivity contribution in [3.63, 3.8) is 0 Å². The van der Waals surface area contributed by atoms with Crippen molar-refractivity contribution in [2.45, 2.75) is 25.3 Å². The number of methoxy groups -OCH3 is 1. The molecule has 0 amide bonds. The lowest BCUT2D eigenvalue weighted by atomic mass is 10.1. The molecule has 1 aromatic rings. The topological polar surface area (TPSA) is 45.0 Å². The number of benzene rings is 1. The van der Waals surface area contributed by atoms with E-state index in [0.29, 0.717) is 11.4 Å². The quantitative estimate of drug-likeness (QED) is 0.874. The summed E-state index contributed by atoms with van der Waals surface area (Å²) in [6.07, 6.45) is 2.82. The predicted molar refractivity (Wildman–Crippen MR) is 63.3 cm³/mol. The molecule has 0 radical (unpaired) electrons. The van der Waals surface area contributed by atoms with E-state index in [4.69, 9.17) is 10.00 Å². The van der Waals surface area contributed by atoms with E-state index in [-0.39, 0.29) is 17.8 Å². The Kier molecular flexibility index (Phi) is 3.48. The zero-order valence-corrected chi connectivity index (χ0v) is 9.74. The van der Waals surface area contributed by atoms with Crippen LogP contribution in [0.2, 0.25) is 0 Å². The van der Waals surface area contributed by atoms with E-state index >= 15 is 0 Å². The molecular weight excluding hydrogens is 219 g/mol. The molecule has 0 saturated heterocycles. The van der Waals surface area contributed by atoms with Gasteiger partial charge >= 0.3 is 0 Å². The van der Waals surface area contributed by atoms with Gasteiger partial charge in [-0.25, -0.2) is 4.39 Å². The first-order chi connectivity index (χ1) is 8.24. The van der Waals surface area contributed by atoms with E-state index in [1.54, 1.807) is 19.2 Å². The summed E-state index contributed by atoms with van der Waals surface area (Å²) in [7, 11) is 1.55. The molecule has 1 N–H and O–H groups in total. The highest BCUT2D eigenvalue weighted by atomic mass is 19.1. The Balaban J connectivity index is 2.15. The average molecular weight is 234 g/mol. The maximum absolute atomic E-state index is 13.6. The summed E-state index contributed by atoms with van der Waals surface area (Å²) in [5.74, 6) is 0.274. The summed E-state index contributed by atoms with van der Waals surface area (Å²) in [5.41, 5.74) is 0.413. The third-order valence-electron chi connectivity index (χ3n) is 3.20. The van der Waals surface area contributed by atoms with Crippen molar-refractivity contribution < 1.29 is 9.13 Å². The standard InChI is InChI=1S/C13H15FN2O/c1-17-10-5-6-11(14)13(7-10)16-12-4-2-3-9(12)8-15/h5-7,9,12,16H,2-4H2,1H3. The van der Waals surface area contributed by atoms with Crippen molar-refractivity contribution in [2.75, 3.05) is 12.4 Å². The Morgan fingerprint density at radius 3 is 3.00 bits per heavy atom. The highest BCUT2D eigenvalue weighted by molar-refractivity contribution is 5.50. The number of halogens is 1. The Morgan fingerprint density at radius 2 is 2.29 bits per heavy atom. The van der Waals surface area contributed by atoms with Crippen LogP contribution in [-0.4, -0.2) is 13.2 Å². The lowest BCUT2D eigenvalue weighted by molar-refractivity contribution is 0.414. The molecule has 1 fully saturated rings. The molecule has 1 aliphatic rings. The molecule has 1 aliphatic carbocycles. The Bertz CT molecular complexity index is 442. The normalized spacial score (nSPS) is 23.1. The van der Waals surface area contributed by atoms with Crippen LogP contribution in [0.3, 0.4) is 0 Å². The molecule has 2 atom stereocenters. The molecule has 1 aromatic carbocycles. The van der Waals surface area contributed by atoms with Crippen molar-refractivity contribution in [1.82, 2.24) is 0 Å². The van der Waals surface area contributed by atoms with Gasteiger partial charge in [-0.1, -0.05) is 0 Å². The van der Waals surface area contributed by atoms with Crippen LogP contribution in [0.5, 0.6) is 5.75 Å². The summed E-state index contributed by atoms with van der Waals surface area (Å²) in [4.78, 5) is 0. The van der Waals surface area contributed by atoms with Crippen molar-refractivity contribution in [3.05, 3.63) is 24.0 Å². The lowest BCUT2D eigenvalue weighted by Crippen LogP contribution is -2.23. The van der Waals surface area contributed by atoms with Gasteiger partial charge in [0.2, 0.25) is 0 Å². The zero-order chi connectivity index (χ0) is 12.3. The summed E-state index contributed by atoms with van der Waals surface area (Å²) < 4.78 is 18.6. The van der Waals surface area contributed by atoms with Gasteiger partial charge in [-0.15, -0.1) is 0 Å². The van der Waals surface area contributed by atoms with Crippen molar-refractivity contribution in [3.8, 4) is 11.8 Å². The van der Waals surface area contributed by atoms with Gasteiger partial charge in [0.1, 0.15) is 11.6 Å². The van der Waals surface area contributed by atoms with Crippen LogP contribution in [-0.2, 0) is 0 Å². The Morgan fingerprint density at radius 1 is 1.47 bits per heavy atom. The molecule has 0 aromatic heterocycles. The van der Waals surface area contributed by atoms with Crippen molar-refractivity contribution in [1.29, 1.82) is 5.26 Å². The fourth-order valence-corrected chi connectivity index (χ4v) is 2.23. The van der Waals surface area contributed by atoms with E-state index < -0.39 is 0 Å². The number of nitriles is 1. The third-order valence-corrected chi connectivity index (χ3v) is 3.20. The fraction of sp³-hybridized carbons (Fsp3) is 0.462. The molecule has 3 nitrogen and oxygen atoms in total. The molecular formula is C13H15FN2O. The first-order valence-corrected chi connectivity index (χ1v) is 5.74. The van der Waals surface area contributed by atoms with Crippen LogP contribution in [0.4, 0.5) is 10.1 Å². The minimum absolute atomic E-state index is 0.0272. The molecule has 0 bridgehead atoms. The van der Waals surface area contributed by atoms with E-state index in [1.165, 1.54) is 6.07 Å². The molecule has 4 heteroatoms. The predicted octanol–water partition coefficient (Wildman–Crippen LogP) is 2.94. The molecule has 17 heavy (non-hydrogen) atoms. The van der Waals surface area contributed by atoms with Gasteiger partial charge in [-0.2, -0.15) is 5.26 Å². The van der Waals surface area contributed by atoms with Crippen LogP contribution in [0.15, 0.2) is 18.2 Å². The molecule has 2 unspecified atom stereocenters. The van der Waals surface area contributed by atoms with Gasteiger partial charge in [-0.3, -0.25) is 0 Å². The summed E-state index contributed by atoms with van der Waals surface area (Å²) in [6, 6.07) is 6.89. The van der Waals surface area contributed by atoms with Crippen molar-refractivity contribution in [2.24, 2.45) is 5.92 Å². The number of hydrogen-bond donors (Lipinski definition) is 1. The number of nitrogens with zero attached hydrogens (tertiary/aromatic N) is 1. The van der Waals surface area contributed by atoms with Gasteiger partial charge in [0.25, 0.3) is 0 Å². The first-order valence-electron chi connectivity index (χ1n) is 5.74. The van der Waals surface area contributed by atoms with Gasteiger partial charge in [-0.05, 0) is 31.4 Å². The van der Waals surface area contributed by atoms with Crippen molar-refractivity contribution >= 4 is 5.69 Å². The Hall–Kier alpha value is -1.76. The highest BCUT2D eigenvalue weighted by Gasteiger charge is 2.27. The van der Waals surface area contributed by atoms with Gasteiger partial charge in [0.05, 0.1) is 24.8 Å². The van der Waals surface area contributed by atoms with Crippen LogP contribution >= 0.6 is 0 Å². The number of nitrogens with one attached hydrogen (secondary N) is 1. The monoisotopic (exact) mass is 234 g/mol. The van der Waals surface area contributed by atoms with E-state index in [9.17, 15) is 4.39 Å². The largest absolute Gasteiger partial charge is 0.497 e. The van der Waals surface area contributed by atoms with E-state index in [2.05, 4.69) is 11.4 Å². The Labute approximate surface area is 100 Å². The van der Waals surface area contributed by atoms with Crippen LogP contribution in [0, 0.1) is 23.1 Å². The molecule has 1 saturated carbocycles. The van der Waals surface area contributed by atoms with Crippen LogP contribution in [0.25, 0.3) is 0 Å². The van der Waals surface area contributed by atoms with Gasteiger partial charge in [0.15, 0.2) is 0 Å². The fourth-order valence-electron chi connectivity index (χ4n) is 2.23. The maximum atomic E-state index is 13.6. The summed E-state index contributed by atoms with van der Waals surface area (Å²) in [5, 5.41) is 12.1. The first kappa shape index (κ1) is 11.7. The second-order valence-corrected chi connectivity index (χ2v) is 4.26. The number of anilines is 1. The minimum Gasteiger partial charge on any atom is -0.497 e. The van der Waals surface area contributed by atoms with E-state index in [0.717, 1.165) is 19.3 Å². The SMILES string of the molecule is COc1ccc(F)c(NC2CCCC2C#N)c1. The average Bonchev–Trinajstić information content (AvgIpc) is 2.79. The second-order valence-electron chi connectivity index (χ2n) is 4.26. The van der Waals surface area contributed by atoms with Crippen LogP contribution in [0.1, 0.15) is 19.3 Å². The van der Waals surface area contributed by atoms with Crippen LogP contribution < -0.4 is 10.1 Å². The molecule has 2 rings (SSSR count). The summed E-state index contributed by atoms with van der Waals surface area (Å²) >= 11 is 0.